The first-order chi connectivity index (χ1) is 21.5. The van der Waals surface area contributed by atoms with Gasteiger partial charge in [0.25, 0.3) is 10.0 Å². The molecule has 0 aliphatic heterocycles. The van der Waals surface area contributed by atoms with Gasteiger partial charge in [0.05, 0.1) is 10.6 Å². The number of benzene rings is 4. The van der Waals surface area contributed by atoms with Gasteiger partial charge in [-0.15, -0.1) is 0 Å². The van der Waals surface area contributed by atoms with Crippen LogP contribution in [-0.2, 0) is 32.6 Å². The van der Waals surface area contributed by atoms with Crippen molar-refractivity contribution in [1.82, 2.24) is 10.2 Å². The number of sulfonamides is 1. The van der Waals surface area contributed by atoms with E-state index in [9.17, 15) is 18.0 Å². The first-order valence-electron chi connectivity index (χ1n) is 14.7. The molecule has 236 valence electrons. The number of carbonyl (C=O) groups excluding carboxylic acids is 2. The molecule has 10 heteroatoms. The average Bonchev–Trinajstić information content (AvgIpc) is 3.02. The van der Waals surface area contributed by atoms with Crippen LogP contribution in [0.3, 0.4) is 0 Å². The van der Waals surface area contributed by atoms with Crippen LogP contribution in [0.15, 0.2) is 108 Å². The molecule has 4 aromatic carbocycles. The summed E-state index contributed by atoms with van der Waals surface area (Å²) in [5.41, 5.74) is 2.31. The number of rotatable bonds is 13. The molecule has 0 saturated heterocycles. The Kier molecular flexibility index (Phi) is 11.7. The minimum absolute atomic E-state index is 0.0391. The van der Waals surface area contributed by atoms with E-state index in [4.69, 9.17) is 23.2 Å². The second kappa shape index (κ2) is 15.4. The number of hydrogen-bond donors (Lipinski definition) is 1. The molecule has 0 aliphatic rings. The second-order valence-electron chi connectivity index (χ2n) is 11.2. The lowest BCUT2D eigenvalue weighted by Gasteiger charge is -2.34. The highest BCUT2D eigenvalue weighted by Gasteiger charge is 2.35. The summed E-state index contributed by atoms with van der Waals surface area (Å²) in [5, 5.41) is 3.63. The van der Waals surface area contributed by atoms with Crippen molar-refractivity contribution in [2.24, 2.45) is 5.92 Å². The van der Waals surface area contributed by atoms with Crippen LogP contribution in [0.25, 0.3) is 0 Å². The van der Waals surface area contributed by atoms with E-state index >= 15 is 0 Å². The SMILES string of the molecule is Cc1ccccc1N(CC(=O)N(Cc1c(Cl)cccc1Cl)C(Cc1ccccc1)C(=O)NCC(C)C)S(=O)(=O)c1ccccc1. The van der Waals surface area contributed by atoms with Crippen molar-refractivity contribution in [1.29, 1.82) is 0 Å². The van der Waals surface area contributed by atoms with E-state index in [1.165, 1.54) is 17.0 Å². The first kappa shape index (κ1) is 34.0. The quantitative estimate of drug-likeness (QED) is 0.168. The third-order valence-electron chi connectivity index (χ3n) is 7.34. The fraction of sp³-hybridized carbons (Fsp3) is 0.257. The Morgan fingerprint density at radius 2 is 1.38 bits per heavy atom. The van der Waals surface area contributed by atoms with Crippen LogP contribution in [0.4, 0.5) is 5.69 Å². The van der Waals surface area contributed by atoms with E-state index < -0.39 is 28.5 Å². The van der Waals surface area contributed by atoms with Gasteiger partial charge in [0.2, 0.25) is 11.8 Å². The van der Waals surface area contributed by atoms with Gasteiger partial charge in [0.1, 0.15) is 12.6 Å². The Balaban J connectivity index is 1.84. The van der Waals surface area contributed by atoms with Gasteiger partial charge in [-0.3, -0.25) is 13.9 Å². The van der Waals surface area contributed by atoms with Gasteiger partial charge in [-0.05, 0) is 54.3 Å². The fourth-order valence-electron chi connectivity index (χ4n) is 4.91. The molecule has 0 bridgehead atoms. The lowest BCUT2D eigenvalue weighted by atomic mass is 10.0. The van der Waals surface area contributed by atoms with E-state index in [2.05, 4.69) is 5.32 Å². The smallest absolute Gasteiger partial charge is 0.264 e. The van der Waals surface area contributed by atoms with Crippen molar-refractivity contribution in [2.45, 2.75) is 44.7 Å². The third-order valence-corrected chi connectivity index (χ3v) is 9.82. The highest BCUT2D eigenvalue weighted by Crippen LogP contribution is 2.30. The number of para-hydroxylation sites is 1. The molecular weight excluding hydrogens is 629 g/mol. The van der Waals surface area contributed by atoms with Crippen LogP contribution in [0.1, 0.15) is 30.5 Å². The maximum Gasteiger partial charge on any atom is 0.264 e. The molecule has 4 rings (SSSR count). The molecule has 2 amide bonds. The number of amides is 2. The Morgan fingerprint density at radius 1 is 0.800 bits per heavy atom. The Labute approximate surface area is 275 Å². The van der Waals surface area contributed by atoms with Crippen LogP contribution in [0.5, 0.6) is 0 Å². The molecule has 45 heavy (non-hydrogen) atoms. The minimum Gasteiger partial charge on any atom is -0.354 e. The van der Waals surface area contributed by atoms with Crippen molar-refractivity contribution in [3.63, 3.8) is 0 Å². The van der Waals surface area contributed by atoms with E-state index in [0.717, 1.165) is 9.87 Å². The summed E-state index contributed by atoms with van der Waals surface area (Å²) in [6.45, 7) is 5.47. The van der Waals surface area contributed by atoms with Crippen molar-refractivity contribution in [3.05, 3.63) is 130 Å². The zero-order chi connectivity index (χ0) is 32.6. The molecule has 0 aromatic heterocycles. The van der Waals surface area contributed by atoms with Gasteiger partial charge < -0.3 is 10.2 Å². The summed E-state index contributed by atoms with van der Waals surface area (Å²) in [7, 11) is -4.19. The zero-order valence-electron chi connectivity index (χ0n) is 25.5. The molecule has 0 aliphatic carbocycles. The van der Waals surface area contributed by atoms with Crippen LogP contribution in [0, 0.1) is 12.8 Å². The highest BCUT2D eigenvalue weighted by molar-refractivity contribution is 7.92. The summed E-state index contributed by atoms with van der Waals surface area (Å²) < 4.78 is 29.3. The van der Waals surface area contributed by atoms with Crippen LogP contribution < -0.4 is 9.62 Å². The predicted octanol–water partition coefficient (Wildman–Crippen LogP) is 6.91. The zero-order valence-corrected chi connectivity index (χ0v) is 27.8. The maximum atomic E-state index is 14.6. The van der Waals surface area contributed by atoms with Crippen molar-refractivity contribution in [2.75, 3.05) is 17.4 Å². The van der Waals surface area contributed by atoms with Crippen LogP contribution >= 0.6 is 23.2 Å². The lowest BCUT2D eigenvalue weighted by Crippen LogP contribution is -2.54. The summed E-state index contributed by atoms with van der Waals surface area (Å²) in [6, 6.07) is 28.3. The molecule has 0 saturated carbocycles. The minimum atomic E-state index is -4.19. The molecule has 1 N–H and O–H groups in total. The number of carbonyl (C=O) groups is 2. The number of aryl methyl sites for hydroxylation is 1. The third kappa shape index (κ3) is 8.66. The first-order valence-corrected chi connectivity index (χ1v) is 16.9. The predicted molar refractivity (Wildman–Crippen MR) is 181 cm³/mol. The molecular formula is C35H37Cl2N3O4S. The van der Waals surface area contributed by atoms with E-state index in [0.29, 0.717) is 33.4 Å². The Morgan fingerprint density at radius 3 is 1.98 bits per heavy atom. The normalized spacial score (nSPS) is 12.0. The van der Waals surface area contributed by atoms with Gasteiger partial charge >= 0.3 is 0 Å². The standard InChI is InChI=1S/C35H37Cl2N3O4S/c1-25(2)22-38-35(42)33(21-27-14-6-4-7-15-27)39(23-29-30(36)18-12-19-31(29)37)34(41)24-40(32-20-11-10-13-26(32)3)45(43,44)28-16-8-5-9-17-28/h4-20,25,33H,21-24H2,1-3H3,(H,38,42). The number of nitrogens with zero attached hydrogens (tertiary/aromatic N) is 2. The molecule has 1 unspecified atom stereocenters. The number of hydrogen-bond acceptors (Lipinski definition) is 4. The molecule has 0 radical (unpaired) electrons. The second-order valence-corrected chi connectivity index (χ2v) is 13.9. The number of nitrogens with one attached hydrogen (secondary N) is 1. The molecule has 4 aromatic rings. The lowest BCUT2D eigenvalue weighted by molar-refractivity contribution is -0.140. The fourth-order valence-corrected chi connectivity index (χ4v) is 6.92. The van der Waals surface area contributed by atoms with Crippen molar-refractivity contribution >= 4 is 50.7 Å². The van der Waals surface area contributed by atoms with Crippen molar-refractivity contribution in [3.8, 4) is 0 Å². The molecule has 7 nitrogen and oxygen atoms in total. The summed E-state index contributed by atoms with van der Waals surface area (Å²) >= 11 is 13.1. The van der Waals surface area contributed by atoms with Gasteiger partial charge in [-0.1, -0.05) is 110 Å². The molecule has 0 spiro atoms. The molecule has 0 heterocycles. The van der Waals surface area contributed by atoms with Gasteiger partial charge in [-0.25, -0.2) is 8.42 Å². The van der Waals surface area contributed by atoms with Gasteiger partial charge in [0, 0.05) is 35.1 Å². The van der Waals surface area contributed by atoms with Gasteiger partial charge in [0.15, 0.2) is 0 Å². The van der Waals surface area contributed by atoms with E-state index in [-0.39, 0.29) is 29.7 Å². The number of halogens is 2. The maximum absolute atomic E-state index is 14.6. The topological polar surface area (TPSA) is 86.8 Å². The van der Waals surface area contributed by atoms with Crippen molar-refractivity contribution < 1.29 is 18.0 Å². The number of anilines is 1. The van der Waals surface area contributed by atoms with E-state index in [1.54, 1.807) is 67.6 Å². The molecule has 0 fully saturated rings. The summed E-state index contributed by atoms with van der Waals surface area (Å²) in [6.07, 6.45) is 0.189. The Hall–Kier alpha value is -3.85. The highest BCUT2D eigenvalue weighted by atomic mass is 35.5. The average molecular weight is 667 g/mol. The summed E-state index contributed by atoms with van der Waals surface area (Å²) in [4.78, 5) is 29.9. The van der Waals surface area contributed by atoms with Crippen LogP contribution in [0.2, 0.25) is 10.0 Å². The van der Waals surface area contributed by atoms with Gasteiger partial charge in [-0.2, -0.15) is 0 Å². The Bertz CT molecular complexity index is 1700. The molecule has 1 atom stereocenters. The van der Waals surface area contributed by atoms with E-state index in [1.807, 2.05) is 44.2 Å². The largest absolute Gasteiger partial charge is 0.354 e. The monoisotopic (exact) mass is 665 g/mol. The van der Waals surface area contributed by atoms with Crippen LogP contribution in [-0.4, -0.2) is 44.3 Å². The summed E-state index contributed by atoms with van der Waals surface area (Å²) in [5.74, 6) is -0.784.